The van der Waals surface area contributed by atoms with Gasteiger partial charge in [0.2, 0.25) is 11.8 Å². The minimum absolute atomic E-state index is 0.365. The molecule has 3 aliphatic heterocycles. The van der Waals surface area contributed by atoms with E-state index in [-0.39, 0.29) is 5.91 Å². The molecule has 2 amide bonds. The van der Waals surface area contributed by atoms with E-state index in [9.17, 15) is 19.2 Å². The number of amides is 2. The number of para-hydroxylation sites is 1. The number of ether oxygens (including phenoxy) is 4. The summed E-state index contributed by atoms with van der Waals surface area (Å²) >= 11 is 0. The molecule has 4 unspecified atom stereocenters. The molecule has 3 saturated heterocycles. The van der Waals surface area contributed by atoms with Crippen molar-refractivity contribution in [2.45, 2.75) is 24.4 Å². The van der Waals surface area contributed by atoms with Crippen molar-refractivity contribution in [2.24, 2.45) is 11.8 Å². The van der Waals surface area contributed by atoms with Crippen molar-refractivity contribution < 1.29 is 43.2 Å². The van der Waals surface area contributed by atoms with Crippen LogP contribution < -0.4 is 4.90 Å². The van der Waals surface area contributed by atoms with E-state index in [0.717, 1.165) is 4.90 Å². The smallest absolute Gasteiger partial charge is 0.332 e. The lowest BCUT2D eigenvalue weighted by molar-refractivity contribution is -0.167. The Morgan fingerprint density at radius 1 is 1.03 bits per heavy atom. The molecule has 0 aliphatic carbocycles. The molecule has 6 atom stereocenters. The summed E-state index contributed by atoms with van der Waals surface area (Å²) in [6.45, 7) is -1.20. The maximum Gasteiger partial charge on any atom is 0.332 e. The van der Waals surface area contributed by atoms with Gasteiger partial charge in [-0.05, 0) is 12.1 Å². The highest BCUT2D eigenvalue weighted by Crippen LogP contribution is 2.51. The summed E-state index contributed by atoms with van der Waals surface area (Å²) in [6, 6.07) is 8.59. The summed E-state index contributed by atoms with van der Waals surface area (Å²) < 4.78 is 21.3. The Bertz CT molecular complexity index is 841. The van der Waals surface area contributed by atoms with Crippen molar-refractivity contribution in [1.82, 2.24) is 0 Å². The highest BCUT2D eigenvalue weighted by molar-refractivity contribution is 6.22. The first-order valence-corrected chi connectivity index (χ1v) is 9.04. The fourth-order valence-electron chi connectivity index (χ4n) is 4.33. The molecule has 3 aliphatic rings. The van der Waals surface area contributed by atoms with Crippen LogP contribution in [0.3, 0.4) is 0 Å². The van der Waals surface area contributed by atoms with Crippen molar-refractivity contribution in [3.63, 3.8) is 0 Å². The Hall–Kier alpha value is -2.82. The van der Waals surface area contributed by atoms with E-state index in [0.29, 0.717) is 5.69 Å². The van der Waals surface area contributed by atoms with Gasteiger partial charge in [-0.3, -0.25) is 9.59 Å². The normalized spacial score (nSPS) is 32.5. The van der Waals surface area contributed by atoms with Crippen LogP contribution in [0.2, 0.25) is 0 Å². The van der Waals surface area contributed by atoms with Crippen LogP contribution in [0.4, 0.5) is 5.69 Å². The molecular weight excluding hydrogens is 386 g/mol. The monoisotopic (exact) mass is 405 g/mol. The Labute approximate surface area is 165 Å². The molecule has 1 aromatic rings. The number of imide groups is 1. The molecule has 3 fully saturated rings. The summed E-state index contributed by atoms with van der Waals surface area (Å²) in [5.41, 5.74) is 0.473. The number of fused-ring (bicyclic) bond motifs is 5. The van der Waals surface area contributed by atoms with Gasteiger partial charge in [-0.25, -0.2) is 14.5 Å². The van der Waals surface area contributed by atoms with Gasteiger partial charge in [-0.2, -0.15) is 0 Å². The maximum atomic E-state index is 13.0. The number of methoxy groups -OCH3 is 1. The molecule has 1 N–H and O–H groups in total. The van der Waals surface area contributed by atoms with E-state index in [1.54, 1.807) is 30.3 Å². The number of carboxylic acids is 1. The van der Waals surface area contributed by atoms with Crippen LogP contribution in [0.1, 0.15) is 0 Å². The predicted octanol–water partition coefficient (Wildman–Crippen LogP) is -0.399. The SMILES string of the molecule is CO[C@H]1C(OC(=O)COCC(=O)O)C2O[C@H]1C1C(=O)N(c3ccccc3)C(=O)C21. The lowest BCUT2D eigenvalue weighted by Crippen LogP contribution is -2.50. The van der Waals surface area contributed by atoms with Crippen LogP contribution in [-0.2, 0) is 38.1 Å². The number of carboxylic acid groups (broad SMARTS) is 1. The van der Waals surface area contributed by atoms with E-state index in [4.69, 9.17) is 24.1 Å². The zero-order chi connectivity index (χ0) is 20.7. The average Bonchev–Trinajstić information content (AvgIpc) is 3.31. The summed E-state index contributed by atoms with van der Waals surface area (Å²) in [5, 5.41) is 8.56. The molecule has 10 heteroatoms. The molecule has 1 aromatic carbocycles. The first-order valence-electron chi connectivity index (χ1n) is 9.04. The summed E-state index contributed by atoms with van der Waals surface area (Å²) in [6.07, 6.45) is -3.18. The number of benzene rings is 1. The summed E-state index contributed by atoms with van der Waals surface area (Å²) in [4.78, 5) is 49.6. The van der Waals surface area contributed by atoms with Gasteiger partial charge in [0.25, 0.3) is 0 Å². The zero-order valence-electron chi connectivity index (χ0n) is 15.4. The lowest BCUT2D eigenvalue weighted by Gasteiger charge is -2.31. The van der Waals surface area contributed by atoms with Gasteiger partial charge in [-0.1, -0.05) is 18.2 Å². The lowest BCUT2D eigenvalue weighted by atomic mass is 9.78. The highest BCUT2D eigenvalue weighted by Gasteiger charge is 2.70. The van der Waals surface area contributed by atoms with E-state index in [2.05, 4.69) is 0 Å². The van der Waals surface area contributed by atoms with Crippen LogP contribution in [0, 0.1) is 11.8 Å². The van der Waals surface area contributed by atoms with Crippen molar-refractivity contribution in [3.05, 3.63) is 30.3 Å². The number of hydrogen-bond donors (Lipinski definition) is 1. The molecule has 29 heavy (non-hydrogen) atoms. The number of carbonyl (C=O) groups excluding carboxylic acids is 3. The van der Waals surface area contributed by atoms with Gasteiger partial charge in [-0.15, -0.1) is 0 Å². The predicted molar refractivity (Wildman–Crippen MR) is 93.7 cm³/mol. The van der Waals surface area contributed by atoms with Crippen molar-refractivity contribution in [1.29, 1.82) is 0 Å². The van der Waals surface area contributed by atoms with Gasteiger partial charge in [0, 0.05) is 7.11 Å². The molecule has 0 spiro atoms. The minimum atomic E-state index is -1.21. The number of nitrogens with zero attached hydrogens (tertiary/aromatic N) is 1. The van der Waals surface area contributed by atoms with E-state index in [1.165, 1.54) is 7.11 Å². The number of anilines is 1. The standard InChI is InChI=1S/C19H19NO9/c1-26-16-14-12-13(19(25)20(18(12)24)9-5-3-2-4-6-9)15(29-14)17(16)28-11(23)8-27-7-10(21)22/h2-6,12-17H,7-8H2,1H3,(H,21,22)/t12?,13?,14-,15?,16+,17?/m0/s1. The number of aliphatic carboxylic acids is 1. The third kappa shape index (κ3) is 3.18. The molecule has 10 nitrogen and oxygen atoms in total. The van der Waals surface area contributed by atoms with Crippen LogP contribution in [0.15, 0.2) is 30.3 Å². The molecule has 0 radical (unpaired) electrons. The van der Waals surface area contributed by atoms with Gasteiger partial charge < -0.3 is 24.1 Å². The van der Waals surface area contributed by atoms with Crippen molar-refractivity contribution in [2.75, 3.05) is 25.2 Å². The van der Waals surface area contributed by atoms with Gasteiger partial charge in [0.05, 0.1) is 17.5 Å². The number of hydrogen-bond acceptors (Lipinski definition) is 8. The molecule has 4 rings (SSSR count). The first-order chi connectivity index (χ1) is 13.9. The van der Waals surface area contributed by atoms with Crippen LogP contribution in [-0.4, -0.2) is 73.6 Å². The summed E-state index contributed by atoms with van der Waals surface area (Å²) in [7, 11) is 1.40. The Morgan fingerprint density at radius 2 is 1.66 bits per heavy atom. The third-order valence-electron chi connectivity index (χ3n) is 5.39. The Balaban J connectivity index is 1.52. The maximum absolute atomic E-state index is 13.0. The van der Waals surface area contributed by atoms with Gasteiger partial charge in [0.15, 0.2) is 6.10 Å². The minimum Gasteiger partial charge on any atom is -0.480 e. The van der Waals surface area contributed by atoms with E-state index < -0.39 is 67.3 Å². The largest absolute Gasteiger partial charge is 0.480 e. The molecule has 2 bridgehead atoms. The van der Waals surface area contributed by atoms with Crippen LogP contribution in [0.25, 0.3) is 0 Å². The third-order valence-corrected chi connectivity index (χ3v) is 5.39. The van der Waals surface area contributed by atoms with Crippen molar-refractivity contribution >= 4 is 29.4 Å². The topological polar surface area (TPSA) is 129 Å². The van der Waals surface area contributed by atoms with E-state index >= 15 is 0 Å². The Morgan fingerprint density at radius 3 is 2.24 bits per heavy atom. The fourth-order valence-corrected chi connectivity index (χ4v) is 4.33. The second-order valence-electron chi connectivity index (χ2n) is 7.01. The molecular formula is C19H19NO9. The fraction of sp³-hybridized carbons (Fsp3) is 0.474. The second kappa shape index (κ2) is 7.54. The van der Waals surface area contributed by atoms with Crippen LogP contribution in [0.5, 0.6) is 0 Å². The first kappa shape index (κ1) is 19.5. The molecule has 0 aromatic heterocycles. The van der Waals surface area contributed by atoms with Crippen molar-refractivity contribution in [3.8, 4) is 0 Å². The average molecular weight is 405 g/mol. The zero-order valence-corrected chi connectivity index (χ0v) is 15.4. The molecule has 0 saturated carbocycles. The van der Waals surface area contributed by atoms with Gasteiger partial charge in [0.1, 0.15) is 31.5 Å². The van der Waals surface area contributed by atoms with Crippen LogP contribution >= 0.6 is 0 Å². The molecule has 3 heterocycles. The summed E-state index contributed by atoms with van der Waals surface area (Å²) in [5.74, 6) is -4.28. The van der Waals surface area contributed by atoms with Gasteiger partial charge >= 0.3 is 11.9 Å². The number of rotatable bonds is 7. The second-order valence-corrected chi connectivity index (χ2v) is 7.01. The quantitative estimate of drug-likeness (QED) is 0.476. The Kier molecular flexibility index (Phi) is 5.07. The number of esters is 1. The number of carbonyl (C=O) groups is 4. The molecule has 154 valence electrons. The highest BCUT2D eigenvalue weighted by atomic mass is 16.6. The van der Waals surface area contributed by atoms with E-state index in [1.807, 2.05) is 0 Å².